The van der Waals surface area contributed by atoms with E-state index in [0.717, 1.165) is 19.3 Å². The summed E-state index contributed by atoms with van der Waals surface area (Å²) in [5.74, 6) is 0. The van der Waals surface area contributed by atoms with Crippen LogP contribution in [0.25, 0.3) is 0 Å². The summed E-state index contributed by atoms with van der Waals surface area (Å²) in [5, 5.41) is 9.73. The Bertz CT molecular complexity index is 364. The largest absolute Gasteiger partial charge is 0.392 e. The van der Waals surface area contributed by atoms with Gasteiger partial charge in [0.2, 0.25) is 0 Å². The van der Waals surface area contributed by atoms with Crippen molar-refractivity contribution in [3.05, 3.63) is 0 Å². The molecule has 0 aromatic heterocycles. The fourth-order valence-electron chi connectivity index (χ4n) is 2.64. The first kappa shape index (κ1) is 12.3. The predicted octanol–water partition coefficient (Wildman–Crippen LogP) is 0.0760. The highest BCUT2D eigenvalue weighted by Crippen LogP contribution is 2.56. The van der Waals surface area contributed by atoms with Crippen molar-refractivity contribution in [3.8, 4) is 0 Å². The number of nitrogens with one attached hydrogen (secondary N) is 1. The Morgan fingerprint density at radius 1 is 1.50 bits per heavy atom. The normalized spacial score (nSPS) is 32.5. The Morgan fingerprint density at radius 2 is 2.12 bits per heavy atom. The molecular formula is C10H20N2O3S. The fraction of sp³-hybridized carbons (Fsp3) is 1.00. The van der Waals surface area contributed by atoms with Gasteiger partial charge in [0, 0.05) is 25.0 Å². The molecule has 0 bridgehead atoms. The fourth-order valence-corrected chi connectivity index (χ4v) is 3.85. The highest BCUT2D eigenvalue weighted by atomic mass is 32.2. The van der Waals surface area contributed by atoms with Crippen LogP contribution in [0.3, 0.4) is 0 Å². The number of rotatable bonds is 4. The lowest BCUT2D eigenvalue weighted by Crippen LogP contribution is -2.67. The quantitative estimate of drug-likeness (QED) is 0.740. The lowest BCUT2D eigenvalue weighted by atomic mass is 9.51. The van der Waals surface area contributed by atoms with E-state index in [-0.39, 0.29) is 17.6 Å². The van der Waals surface area contributed by atoms with E-state index in [1.807, 2.05) is 0 Å². The molecule has 2 aliphatic carbocycles. The van der Waals surface area contributed by atoms with Crippen LogP contribution in [0.4, 0.5) is 0 Å². The van der Waals surface area contributed by atoms with Crippen LogP contribution in [0.15, 0.2) is 0 Å². The molecule has 0 aliphatic heterocycles. The van der Waals surface area contributed by atoms with Crippen molar-refractivity contribution in [1.29, 1.82) is 0 Å². The molecule has 16 heavy (non-hydrogen) atoms. The SMILES string of the molecule is CCN(C)S(=O)(=O)NC1CC(O)C12CCC2. The van der Waals surface area contributed by atoms with E-state index in [1.165, 1.54) is 4.31 Å². The second-order valence-corrected chi connectivity index (χ2v) is 6.74. The zero-order chi connectivity index (χ0) is 12.0. The van der Waals surface area contributed by atoms with E-state index in [2.05, 4.69) is 4.72 Å². The molecule has 0 heterocycles. The van der Waals surface area contributed by atoms with Gasteiger partial charge in [-0.3, -0.25) is 0 Å². The average Bonchev–Trinajstić information content (AvgIpc) is 2.12. The Kier molecular flexibility index (Phi) is 3.03. The Morgan fingerprint density at radius 3 is 2.50 bits per heavy atom. The van der Waals surface area contributed by atoms with Crippen molar-refractivity contribution in [2.45, 2.75) is 44.8 Å². The molecule has 0 saturated heterocycles. The first-order valence-corrected chi connectivity index (χ1v) is 7.28. The lowest BCUT2D eigenvalue weighted by molar-refractivity contribution is -0.138. The molecule has 1 spiro atoms. The highest BCUT2D eigenvalue weighted by Gasteiger charge is 2.58. The maximum absolute atomic E-state index is 11.8. The lowest BCUT2D eigenvalue weighted by Gasteiger charge is -2.59. The van der Waals surface area contributed by atoms with Gasteiger partial charge in [-0.25, -0.2) is 0 Å². The van der Waals surface area contributed by atoms with Crippen LogP contribution in [-0.2, 0) is 10.2 Å². The van der Waals surface area contributed by atoms with E-state index in [9.17, 15) is 13.5 Å². The summed E-state index contributed by atoms with van der Waals surface area (Å²) in [4.78, 5) is 0. The average molecular weight is 248 g/mol. The molecule has 0 radical (unpaired) electrons. The summed E-state index contributed by atoms with van der Waals surface area (Å²) in [7, 11) is -1.81. The Balaban J connectivity index is 2.01. The molecule has 2 N–H and O–H groups in total. The van der Waals surface area contributed by atoms with Crippen molar-refractivity contribution in [2.75, 3.05) is 13.6 Å². The molecule has 2 unspecified atom stereocenters. The first-order chi connectivity index (χ1) is 7.42. The van der Waals surface area contributed by atoms with E-state index < -0.39 is 10.2 Å². The molecule has 0 amide bonds. The second kappa shape index (κ2) is 3.94. The van der Waals surface area contributed by atoms with E-state index >= 15 is 0 Å². The minimum Gasteiger partial charge on any atom is -0.392 e. The maximum Gasteiger partial charge on any atom is 0.279 e. The van der Waals surface area contributed by atoms with Gasteiger partial charge in [-0.15, -0.1) is 0 Å². The molecule has 0 aromatic carbocycles. The summed E-state index contributed by atoms with van der Waals surface area (Å²) >= 11 is 0. The molecule has 2 saturated carbocycles. The Labute approximate surface area is 97.0 Å². The standard InChI is InChI=1S/C10H20N2O3S/c1-3-12(2)16(14,15)11-8-7-9(13)10(8)5-4-6-10/h8-9,11,13H,3-7H2,1-2H3. The summed E-state index contributed by atoms with van der Waals surface area (Å²) in [6.07, 6.45) is 3.21. The molecule has 2 atom stereocenters. The minimum atomic E-state index is -3.37. The molecule has 0 aromatic rings. The smallest absolute Gasteiger partial charge is 0.279 e. The van der Waals surface area contributed by atoms with E-state index in [1.54, 1.807) is 14.0 Å². The number of aliphatic hydroxyl groups excluding tert-OH is 1. The van der Waals surface area contributed by atoms with Crippen molar-refractivity contribution < 1.29 is 13.5 Å². The van der Waals surface area contributed by atoms with Crippen LogP contribution in [0.2, 0.25) is 0 Å². The molecule has 6 heteroatoms. The van der Waals surface area contributed by atoms with Crippen LogP contribution in [0.5, 0.6) is 0 Å². The van der Waals surface area contributed by atoms with Gasteiger partial charge in [0.1, 0.15) is 0 Å². The van der Waals surface area contributed by atoms with Gasteiger partial charge in [0.25, 0.3) is 10.2 Å². The maximum atomic E-state index is 11.8. The summed E-state index contributed by atoms with van der Waals surface area (Å²) in [6, 6.07) is -0.0738. The molecule has 2 fully saturated rings. The number of hydrogen-bond donors (Lipinski definition) is 2. The van der Waals surface area contributed by atoms with Gasteiger partial charge >= 0.3 is 0 Å². The van der Waals surface area contributed by atoms with Crippen molar-refractivity contribution in [3.63, 3.8) is 0 Å². The molecular weight excluding hydrogens is 228 g/mol. The number of hydrogen-bond acceptors (Lipinski definition) is 3. The first-order valence-electron chi connectivity index (χ1n) is 5.84. The molecule has 5 nitrogen and oxygen atoms in total. The monoisotopic (exact) mass is 248 g/mol. The predicted molar refractivity (Wildman–Crippen MR) is 61.1 cm³/mol. The van der Waals surface area contributed by atoms with Gasteiger partial charge < -0.3 is 5.11 Å². The third kappa shape index (κ3) is 1.68. The zero-order valence-electron chi connectivity index (χ0n) is 9.81. The van der Waals surface area contributed by atoms with Gasteiger partial charge in [-0.1, -0.05) is 13.3 Å². The number of nitrogens with zero attached hydrogens (tertiary/aromatic N) is 1. The van der Waals surface area contributed by atoms with Gasteiger partial charge in [-0.05, 0) is 19.3 Å². The summed E-state index contributed by atoms with van der Waals surface area (Å²) in [5.41, 5.74) is -0.151. The second-order valence-electron chi connectivity index (χ2n) is 4.93. The van der Waals surface area contributed by atoms with Crippen LogP contribution in [0, 0.1) is 5.41 Å². The highest BCUT2D eigenvalue weighted by molar-refractivity contribution is 7.87. The number of aliphatic hydroxyl groups is 1. The topological polar surface area (TPSA) is 69.6 Å². The van der Waals surface area contributed by atoms with Crippen molar-refractivity contribution in [2.24, 2.45) is 5.41 Å². The van der Waals surface area contributed by atoms with Crippen LogP contribution >= 0.6 is 0 Å². The third-order valence-corrected chi connectivity index (χ3v) is 5.91. The van der Waals surface area contributed by atoms with Gasteiger partial charge in [0.15, 0.2) is 0 Å². The third-order valence-electron chi connectivity index (χ3n) is 4.25. The van der Waals surface area contributed by atoms with Crippen molar-refractivity contribution in [1.82, 2.24) is 9.03 Å². The van der Waals surface area contributed by atoms with E-state index in [4.69, 9.17) is 0 Å². The summed E-state index contributed by atoms with van der Waals surface area (Å²) < 4.78 is 27.7. The minimum absolute atomic E-state index is 0.0738. The van der Waals surface area contributed by atoms with E-state index in [0.29, 0.717) is 13.0 Å². The zero-order valence-corrected chi connectivity index (χ0v) is 10.6. The van der Waals surface area contributed by atoms with Crippen LogP contribution < -0.4 is 4.72 Å². The van der Waals surface area contributed by atoms with Gasteiger partial charge in [0.05, 0.1) is 6.10 Å². The van der Waals surface area contributed by atoms with Crippen LogP contribution in [0.1, 0.15) is 32.6 Å². The molecule has 94 valence electrons. The summed E-state index contributed by atoms with van der Waals surface area (Å²) in [6.45, 7) is 2.26. The van der Waals surface area contributed by atoms with Gasteiger partial charge in [-0.2, -0.15) is 17.4 Å². The van der Waals surface area contributed by atoms with Crippen molar-refractivity contribution >= 4 is 10.2 Å². The molecule has 2 aliphatic rings. The molecule has 2 rings (SSSR count). The van der Waals surface area contributed by atoms with Crippen LogP contribution in [-0.4, -0.2) is 43.6 Å². The Hall–Kier alpha value is -0.170.